The van der Waals surface area contributed by atoms with E-state index in [0.29, 0.717) is 11.8 Å². The fraction of sp³-hybridized carbons (Fsp3) is 0.733. The average Bonchev–Trinajstić information content (AvgIpc) is 2.16. The number of hydrogen-bond donors (Lipinski definition) is 1. The molecule has 0 aromatic heterocycles. The lowest BCUT2D eigenvalue weighted by Gasteiger charge is -2.23. The van der Waals surface area contributed by atoms with Crippen LogP contribution >= 0.6 is 0 Å². The number of allylic oxidation sites excluding steroid dienone is 3. The van der Waals surface area contributed by atoms with Gasteiger partial charge in [0.25, 0.3) is 0 Å². The van der Waals surface area contributed by atoms with Crippen LogP contribution in [0.3, 0.4) is 0 Å². The third kappa shape index (κ3) is 4.52. The van der Waals surface area contributed by atoms with Crippen LogP contribution in [0, 0.1) is 11.8 Å². The third-order valence-electron chi connectivity index (χ3n) is 3.57. The van der Waals surface area contributed by atoms with Crippen molar-refractivity contribution < 1.29 is 5.11 Å². The van der Waals surface area contributed by atoms with Crippen LogP contribution in [0.15, 0.2) is 23.8 Å². The molecule has 1 rings (SSSR count). The van der Waals surface area contributed by atoms with E-state index in [-0.39, 0.29) is 0 Å². The van der Waals surface area contributed by atoms with E-state index in [4.69, 9.17) is 0 Å². The summed E-state index contributed by atoms with van der Waals surface area (Å²) in [5.74, 6) is 1.24. The molecule has 1 aliphatic carbocycles. The lowest BCUT2D eigenvalue weighted by atomic mass is 9.86. The fourth-order valence-corrected chi connectivity index (χ4v) is 2.17. The Kier molecular flexibility index (Phi) is 4.79. The molecule has 0 amide bonds. The number of aliphatic hydroxyl groups is 1. The molecule has 0 bridgehead atoms. The Morgan fingerprint density at radius 1 is 1.44 bits per heavy atom. The van der Waals surface area contributed by atoms with E-state index < -0.39 is 5.60 Å². The first-order chi connectivity index (χ1) is 7.41. The van der Waals surface area contributed by atoms with Crippen LogP contribution in [0.25, 0.3) is 0 Å². The zero-order chi connectivity index (χ0) is 12.2. The first kappa shape index (κ1) is 13.5. The van der Waals surface area contributed by atoms with Gasteiger partial charge in [-0.3, -0.25) is 0 Å². The Balaban J connectivity index is 2.79. The third-order valence-corrected chi connectivity index (χ3v) is 3.57. The molecule has 0 radical (unpaired) electrons. The van der Waals surface area contributed by atoms with Crippen molar-refractivity contribution in [1.29, 1.82) is 0 Å². The van der Waals surface area contributed by atoms with Gasteiger partial charge < -0.3 is 5.11 Å². The van der Waals surface area contributed by atoms with Crippen molar-refractivity contribution in [1.82, 2.24) is 0 Å². The van der Waals surface area contributed by atoms with Gasteiger partial charge in [-0.1, -0.05) is 37.6 Å². The van der Waals surface area contributed by atoms with Gasteiger partial charge in [0.15, 0.2) is 0 Å². The maximum absolute atomic E-state index is 10.2. The van der Waals surface area contributed by atoms with Gasteiger partial charge in [0.05, 0.1) is 5.60 Å². The SMILES string of the molecule is C/C1=C/CCC(C)(O)/C=C\[C@H](C(C)C)CC1. The van der Waals surface area contributed by atoms with Crippen molar-refractivity contribution in [3.8, 4) is 0 Å². The molecule has 0 aromatic carbocycles. The second-order valence-corrected chi connectivity index (χ2v) is 5.75. The molecule has 0 fully saturated rings. The largest absolute Gasteiger partial charge is 0.386 e. The molecule has 1 aliphatic rings. The van der Waals surface area contributed by atoms with Gasteiger partial charge in [0, 0.05) is 0 Å². The van der Waals surface area contributed by atoms with Crippen LogP contribution in [-0.2, 0) is 0 Å². The minimum absolute atomic E-state index is 0.591. The van der Waals surface area contributed by atoms with Gasteiger partial charge in [-0.25, -0.2) is 0 Å². The van der Waals surface area contributed by atoms with Crippen LogP contribution in [0.1, 0.15) is 53.4 Å². The molecule has 1 N–H and O–H groups in total. The summed E-state index contributed by atoms with van der Waals surface area (Å²) in [6, 6.07) is 0. The van der Waals surface area contributed by atoms with Crippen LogP contribution in [-0.4, -0.2) is 10.7 Å². The summed E-state index contributed by atoms with van der Waals surface area (Å²) >= 11 is 0. The van der Waals surface area contributed by atoms with E-state index in [1.807, 2.05) is 13.0 Å². The Bertz CT molecular complexity index is 271. The topological polar surface area (TPSA) is 20.2 Å². The molecule has 2 atom stereocenters. The highest BCUT2D eigenvalue weighted by Crippen LogP contribution is 2.25. The Labute approximate surface area is 100 Å². The van der Waals surface area contributed by atoms with Gasteiger partial charge in [-0.05, 0) is 51.4 Å². The van der Waals surface area contributed by atoms with Crippen molar-refractivity contribution in [3.63, 3.8) is 0 Å². The van der Waals surface area contributed by atoms with Crippen LogP contribution in [0.4, 0.5) is 0 Å². The molecule has 92 valence electrons. The lowest BCUT2D eigenvalue weighted by Crippen LogP contribution is -2.21. The summed E-state index contributed by atoms with van der Waals surface area (Å²) < 4.78 is 0. The zero-order valence-electron chi connectivity index (χ0n) is 11.2. The van der Waals surface area contributed by atoms with Gasteiger partial charge >= 0.3 is 0 Å². The standard InChI is InChI=1S/C15H26O/c1-12(2)14-8-7-13(3)6-5-10-15(4,16)11-9-14/h6,9,11-12,14,16H,5,7-8,10H2,1-4H3/b11-9-,13-6-/t14-,15?/m1/s1. The van der Waals surface area contributed by atoms with Gasteiger partial charge in [-0.15, -0.1) is 0 Å². The molecule has 1 heteroatoms. The highest BCUT2D eigenvalue weighted by molar-refractivity contribution is 5.07. The molecule has 1 unspecified atom stereocenters. The normalized spacial score (nSPS) is 37.9. The summed E-state index contributed by atoms with van der Waals surface area (Å²) in [4.78, 5) is 0. The second kappa shape index (κ2) is 5.67. The van der Waals surface area contributed by atoms with E-state index in [2.05, 4.69) is 32.9 Å². The summed E-state index contributed by atoms with van der Waals surface area (Å²) in [5, 5.41) is 10.2. The minimum Gasteiger partial charge on any atom is -0.386 e. The quantitative estimate of drug-likeness (QED) is 0.663. The van der Waals surface area contributed by atoms with Gasteiger partial charge in [0.2, 0.25) is 0 Å². The molecule has 16 heavy (non-hydrogen) atoms. The van der Waals surface area contributed by atoms with Crippen LogP contribution < -0.4 is 0 Å². The summed E-state index contributed by atoms with van der Waals surface area (Å²) in [7, 11) is 0. The lowest BCUT2D eigenvalue weighted by molar-refractivity contribution is 0.102. The maximum Gasteiger partial charge on any atom is 0.0802 e. The molecule has 0 heterocycles. The minimum atomic E-state index is -0.638. The predicted octanol–water partition coefficient (Wildman–Crippen LogP) is 4.09. The van der Waals surface area contributed by atoms with Crippen molar-refractivity contribution in [2.24, 2.45) is 11.8 Å². The average molecular weight is 222 g/mol. The van der Waals surface area contributed by atoms with E-state index in [1.54, 1.807) is 0 Å². The highest BCUT2D eigenvalue weighted by atomic mass is 16.3. The number of hydrogen-bond acceptors (Lipinski definition) is 1. The Morgan fingerprint density at radius 2 is 2.12 bits per heavy atom. The van der Waals surface area contributed by atoms with E-state index >= 15 is 0 Å². The zero-order valence-corrected chi connectivity index (χ0v) is 11.2. The molecular formula is C15H26O. The van der Waals surface area contributed by atoms with Crippen LogP contribution in [0.5, 0.6) is 0 Å². The van der Waals surface area contributed by atoms with E-state index in [0.717, 1.165) is 12.8 Å². The van der Waals surface area contributed by atoms with E-state index in [9.17, 15) is 5.11 Å². The van der Waals surface area contributed by atoms with E-state index in [1.165, 1.54) is 18.4 Å². The highest BCUT2D eigenvalue weighted by Gasteiger charge is 2.18. The summed E-state index contributed by atoms with van der Waals surface area (Å²) in [6.07, 6.45) is 10.7. The van der Waals surface area contributed by atoms with Crippen molar-refractivity contribution in [2.45, 2.75) is 59.0 Å². The second-order valence-electron chi connectivity index (χ2n) is 5.75. The Hall–Kier alpha value is -0.560. The molecule has 0 saturated heterocycles. The van der Waals surface area contributed by atoms with Crippen molar-refractivity contribution in [2.75, 3.05) is 0 Å². The summed E-state index contributed by atoms with van der Waals surface area (Å²) in [6.45, 7) is 8.63. The monoisotopic (exact) mass is 222 g/mol. The molecular weight excluding hydrogens is 196 g/mol. The summed E-state index contributed by atoms with van der Waals surface area (Å²) in [5.41, 5.74) is 0.832. The van der Waals surface area contributed by atoms with Crippen molar-refractivity contribution >= 4 is 0 Å². The molecule has 0 saturated carbocycles. The molecule has 1 nitrogen and oxygen atoms in total. The van der Waals surface area contributed by atoms with Gasteiger partial charge in [0.1, 0.15) is 0 Å². The first-order valence-corrected chi connectivity index (χ1v) is 6.48. The number of rotatable bonds is 1. The maximum atomic E-state index is 10.2. The first-order valence-electron chi connectivity index (χ1n) is 6.48. The van der Waals surface area contributed by atoms with Gasteiger partial charge in [-0.2, -0.15) is 0 Å². The molecule has 0 aliphatic heterocycles. The smallest absolute Gasteiger partial charge is 0.0802 e. The molecule has 0 aromatic rings. The predicted molar refractivity (Wildman–Crippen MR) is 70.3 cm³/mol. The molecule has 0 spiro atoms. The van der Waals surface area contributed by atoms with Crippen molar-refractivity contribution in [3.05, 3.63) is 23.8 Å². The fourth-order valence-electron chi connectivity index (χ4n) is 2.17. The van der Waals surface area contributed by atoms with Crippen LogP contribution in [0.2, 0.25) is 0 Å². The Morgan fingerprint density at radius 3 is 2.75 bits per heavy atom.